The summed E-state index contributed by atoms with van der Waals surface area (Å²) in [6.45, 7) is 1.50. The molecule has 29 heavy (non-hydrogen) atoms. The normalized spacial score (nSPS) is 10.3. The van der Waals surface area contributed by atoms with Crippen molar-refractivity contribution in [2.24, 2.45) is 0 Å². The summed E-state index contributed by atoms with van der Waals surface area (Å²) >= 11 is 1.04. The van der Waals surface area contributed by atoms with Gasteiger partial charge in [0.1, 0.15) is 10.8 Å². The topological polar surface area (TPSA) is 113 Å². The van der Waals surface area contributed by atoms with Crippen LogP contribution in [0.2, 0.25) is 0 Å². The lowest BCUT2D eigenvalue weighted by molar-refractivity contribution is -0.114. The average molecular weight is 413 g/mol. The number of rotatable bonds is 6. The van der Waals surface area contributed by atoms with Crippen LogP contribution >= 0.6 is 11.3 Å². The van der Waals surface area contributed by atoms with Gasteiger partial charge in [0.15, 0.2) is 0 Å². The summed E-state index contributed by atoms with van der Waals surface area (Å²) in [7, 11) is 0. The van der Waals surface area contributed by atoms with E-state index in [1.54, 1.807) is 24.3 Å². The second-order valence-corrected chi connectivity index (χ2v) is 6.97. The fourth-order valence-electron chi connectivity index (χ4n) is 2.30. The molecule has 0 bridgehead atoms. The van der Waals surface area contributed by atoms with Crippen LogP contribution in [0.3, 0.4) is 0 Å². The Kier molecular flexibility index (Phi) is 6.25. The van der Waals surface area contributed by atoms with Crippen LogP contribution < -0.4 is 16.0 Å². The molecule has 3 N–H and O–H groups in total. The molecule has 1 aromatic heterocycles. The van der Waals surface area contributed by atoms with Crippen molar-refractivity contribution in [2.45, 2.75) is 13.5 Å². The predicted octanol–water partition coefficient (Wildman–Crippen LogP) is 2.82. The Morgan fingerprint density at radius 1 is 0.897 bits per heavy atom. The first-order valence-corrected chi connectivity index (χ1v) is 9.27. The van der Waals surface area contributed by atoms with Crippen LogP contribution in [-0.4, -0.2) is 27.9 Å². The third-order valence-corrected chi connectivity index (χ3v) is 4.55. The van der Waals surface area contributed by atoms with Gasteiger partial charge in [-0.25, -0.2) is 4.39 Å². The van der Waals surface area contributed by atoms with Crippen molar-refractivity contribution in [1.29, 1.82) is 0 Å². The fraction of sp³-hybridized carbons (Fsp3) is 0.105. The van der Waals surface area contributed by atoms with Crippen molar-refractivity contribution < 1.29 is 18.8 Å². The van der Waals surface area contributed by atoms with Crippen molar-refractivity contribution in [2.75, 3.05) is 10.6 Å². The predicted molar refractivity (Wildman–Crippen MR) is 106 cm³/mol. The van der Waals surface area contributed by atoms with E-state index < -0.39 is 11.7 Å². The minimum Gasteiger partial charge on any atom is -0.345 e. The van der Waals surface area contributed by atoms with E-state index >= 15 is 0 Å². The summed E-state index contributed by atoms with van der Waals surface area (Å²) in [5.41, 5.74) is 1.44. The Morgan fingerprint density at radius 2 is 1.52 bits per heavy atom. The Hall–Kier alpha value is -3.66. The number of anilines is 2. The van der Waals surface area contributed by atoms with E-state index in [4.69, 9.17) is 0 Å². The lowest BCUT2D eigenvalue weighted by Crippen LogP contribution is -2.22. The molecule has 3 amide bonds. The SMILES string of the molecule is CC(=O)Nc1ccc(C(=O)NCc2nnc(C(=O)Nc3ccc(F)cc3)s2)cc1. The molecule has 0 atom stereocenters. The van der Waals surface area contributed by atoms with Crippen molar-refractivity contribution >= 4 is 40.4 Å². The Labute approximate surface area is 169 Å². The number of nitrogens with one attached hydrogen (secondary N) is 3. The molecular weight excluding hydrogens is 397 g/mol. The number of benzene rings is 2. The number of carbonyl (C=O) groups excluding carboxylic acids is 3. The van der Waals surface area contributed by atoms with E-state index in [1.807, 2.05) is 0 Å². The first kappa shape index (κ1) is 20.1. The highest BCUT2D eigenvalue weighted by atomic mass is 32.1. The summed E-state index contributed by atoms with van der Waals surface area (Å²) in [4.78, 5) is 35.4. The third kappa shape index (κ3) is 5.66. The van der Waals surface area contributed by atoms with E-state index in [-0.39, 0.29) is 23.4 Å². The molecule has 0 radical (unpaired) electrons. The lowest BCUT2D eigenvalue weighted by atomic mass is 10.2. The summed E-state index contributed by atoms with van der Waals surface area (Å²) in [6.07, 6.45) is 0. The highest BCUT2D eigenvalue weighted by Crippen LogP contribution is 2.14. The van der Waals surface area contributed by atoms with Crippen molar-refractivity contribution in [3.05, 3.63) is 69.9 Å². The van der Waals surface area contributed by atoms with Gasteiger partial charge in [0.25, 0.3) is 11.8 Å². The number of nitrogens with zero attached hydrogens (tertiary/aromatic N) is 2. The van der Waals surface area contributed by atoms with E-state index in [0.29, 0.717) is 21.9 Å². The average Bonchev–Trinajstić information content (AvgIpc) is 3.17. The summed E-state index contributed by atoms with van der Waals surface area (Å²) < 4.78 is 12.9. The largest absolute Gasteiger partial charge is 0.345 e. The standard InChI is InChI=1S/C19H16FN5O3S/c1-11(26)22-14-6-2-12(3-7-14)17(27)21-10-16-24-25-19(29-16)18(28)23-15-8-4-13(20)5-9-15/h2-9H,10H2,1H3,(H,21,27)(H,22,26)(H,23,28). The highest BCUT2D eigenvalue weighted by Gasteiger charge is 2.14. The quantitative estimate of drug-likeness (QED) is 0.575. The van der Waals surface area contributed by atoms with Gasteiger partial charge in [0, 0.05) is 23.9 Å². The molecular formula is C19H16FN5O3S. The maximum atomic E-state index is 12.9. The molecule has 8 nitrogen and oxygen atoms in total. The van der Waals surface area contributed by atoms with Crippen molar-refractivity contribution in [1.82, 2.24) is 15.5 Å². The summed E-state index contributed by atoms with van der Waals surface area (Å²) in [5, 5.41) is 16.2. The maximum absolute atomic E-state index is 12.9. The zero-order valence-electron chi connectivity index (χ0n) is 15.2. The highest BCUT2D eigenvalue weighted by molar-refractivity contribution is 7.13. The van der Waals surface area contributed by atoms with Crippen molar-refractivity contribution in [3.63, 3.8) is 0 Å². The van der Waals surface area contributed by atoms with Crippen molar-refractivity contribution in [3.8, 4) is 0 Å². The van der Waals surface area contributed by atoms with Crippen LogP contribution in [0.1, 0.15) is 32.1 Å². The first-order chi connectivity index (χ1) is 13.9. The number of amides is 3. The van der Waals surface area contributed by atoms with E-state index in [9.17, 15) is 18.8 Å². The minimum atomic E-state index is -0.472. The van der Waals surface area contributed by atoms with E-state index in [0.717, 1.165) is 11.3 Å². The smallest absolute Gasteiger partial charge is 0.286 e. The fourth-order valence-corrected chi connectivity index (χ4v) is 2.98. The lowest BCUT2D eigenvalue weighted by Gasteiger charge is -2.05. The molecule has 0 saturated carbocycles. The van der Waals surface area contributed by atoms with Gasteiger partial charge in [-0.15, -0.1) is 10.2 Å². The van der Waals surface area contributed by atoms with Gasteiger partial charge in [-0.3, -0.25) is 14.4 Å². The van der Waals surface area contributed by atoms with Crippen LogP contribution in [0.25, 0.3) is 0 Å². The van der Waals surface area contributed by atoms with Gasteiger partial charge in [0.2, 0.25) is 10.9 Å². The van der Waals surface area contributed by atoms with Gasteiger partial charge < -0.3 is 16.0 Å². The second kappa shape index (κ2) is 9.02. The molecule has 1 heterocycles. The molecule has 0 fully saturated rings. The van der Waals surface area contributed by atoms with Crippen LogP contribution in [0.15, 0.2) is 48.5 Å². The Balaban J connectivity index is 1.54. The zero-order valence-corrected chi connectivity index (χ0v) is 16.0. The van der Waals surface area contributed by atoms with Gasteiger partial charge in [-0.05, 0) is 48.5 Å². The molecule has 0 aliphatic rings. The number of carbonyl (C=O) groups is 3. The van der Waals surface area contributed by atoms with Crippen LogP contribution in [-0.2, 0) is 11.3 Å². The number of hydrogen-bond donors (Lipinski definition) is 3. The molecule has 0 aliphatic carbocycles. The van der Waals surface area contributed by atoms with Crippen LogP contribution in [0.5, 0.6) is 0 Å². The summed E-state index contributed by atoms with van der Waals surface area (Å²) in [5.74, 6) is -1.40. The molecule has 148 valence electrons. The van der Waals surface area contributed by atoms with Gasteiger partial charge in [0.05, 0.1) is 6.54 Å². The second-order valence-electron chi connectivity index (χ2n) is 5.90. The maximum Gasteiger partial charge on any atom is 0.286 e. The van der Waals surface area contributed by atoms with Crippen LogP contribution in [0.4, 0.5) is 15.8 Å². The summed E-state index contributed by atoms with van der Waals surface area (Å²) in [6, 6.07) is 11.8. The monoisotopic (exact) mass is 413 g/mol. The molecule has 0 aliphatic heterocycles. The molecule has 10 heteroatoms. The Morgan fingerprint density at radius 3 is 2.17 bits per heavy atom. The first-order valence-electron chi connectivity index (χ1n) is 8.46. The minimum absolute atomic E-state index is 0.105. The third-order valence-electron chi connectivity index (χ3n) is 3.63. The number of halogens is 1. The number of hydrogen-bond acceptors (Lipinski definition) is 6. The zero-order chi connectivity index (χ0) is 20.8. The van der Waals surface area contributed by atoms with Gasteiger partial charge >= 0.3 is 0 Å². The molecule has 0 saturated heterocycles. The van der Waals surface area contributed by atoms with Crippen LogP contribution in [0, 0.1) is 5.82 Å². The molecule has 2 aromatic carbocycles. The van der Waals surface area contributed by atoms with E-state index in [2.05, 4.69) is 26.1 Å². The molecule has 3 rings (SSSR count). The Bertz CT molecular complexity index is 1030. The van der Waals surface area contributed by atoms with E-state index in [1.165, 1.54) is 31.2 Å². The number of aromatic nitrogens is 2. The molecule has 3 aromatic rings. The van der Waals surface area contributed by atoms with Gasteiger partial charge in [-0.1, -0.05) is 11.3 Å². The molecule has 0 unspecified atom stereocenters. The van der Waals surface area contributed by atoms with Gasteiger partial charge in [-0.2, -0.15) is 0 Å². The molecule has 0 spiro atoms.